The van der Waals surface area contributed by atoms with Crippen molar-refractivity contribution in [1.82, 2.24) is 4.98 Å². The van der Waals surface area contributed by atoms with Crippen molar-refractivity contribution in [3.63, 3.8) is 0 Å². The average molecular weight is 271 g/mol. The zero-order valence-corrected chi connectivity index (χ0v) is 11.2. The molecule has 1 aromatic carbocycles. The molecular weight excluding hydrogens is 254 g/mol. The lowest BCUT2D eigenvalue weighted by Crippen LogP contribution is -2.15. The summed E-state index contributed by atoms with van der Waals surface area (Å²) in [5, 5.41) is 10.8. The third-order valence-electron chi connectivity index (χ3n) is 3.91. The zero-order valence-electron chi connectivity index (χ0n) is 11.2. The van der Waals surface area contributed by atoms with E-state index in [1.54, 1.807) is 6.07 Å². The first-order chi connectivity index (χ1) is 9.74. The van der Waals surface area contributed by atoms with Crippen molar-refractivity contribution in [2.45, 2.75) is 25.7 Å². The van der Waals surface area contributed by atoms with Gasteiger partial charge in [-0.1, -0.05) is 37.5 Å². The number of hydrogen-bond acceptors (Lipinski definition) is 3. The maximum absolute atomic E-state index is 11.1. The summed E-state index contributed by atoms with van der Waals surface area (Å²) in [6, 6.07) is 9.15. The predicted octanol–water partition coefficient (Wildman–Crippen LogP) is 3.50. The number of benzene rings is 1. The Morgan fingerprint density at radius 2 is 2.15 bits per heavy atom. The van der Waals surface area contributed by atoms with Crippen LogP contribution in [-0.4, -0.2) is 22.7 Å². The summed E-state index contributed by atoms with van der Waals surface area (Å²) >= 11 is 0. The quantitative estimate of drug-likeness (QED) is 0.904. The normalized spacial score (nSPS) is 15.0. The molecule has 0 radical (unpaired) electrons. The Bertz CT molecular complexity index is 635. The lowest BCUT2D eigenvalue weighted by atomic mass is 9.83. The molecule has 0 bridgehead atoms. The van der Waals surface area contributed by atoms with Crippen LogP contribution in [-0.2, 0) is 0 Å². The monoisotopic (exact) mass is 271 g/mol. The minimum atomic E-state index is -1.03. The fourth-order valence-electron chi connectivity index (χ4n) is 2.49. The summed E-state index contributed by atoms with van der Waals surface area (Å²) in [5.74, 6) is 0.170. The Balaban J connectivity index is 1.84. The van der Waals surface area contributed by atoms with Crippen LogP contribution in [0.5, 0.6) is 5.88 Å². The molecule has 0 aliphatic heterocycles. The average Bonchev–Trinajstić information content (AvgIpc) is 2.41. The lowest BCUT2D eigenvalue weighted by molar-refractivity contribution is 0.0689. The molecule has 1 aliphatic carbocycles. The maximum Gasteiger partial charge on any atom is 0.354 e. The third-order valence-corrected chi connectivity index (χ3v) is 3.91. The number of rotatable bonds is 5. The van der Waals surface area contributed by atoms with Gasteiger partial charge < -0.3 is 9.84 Å². The van der Waals surface area contributed by atoms with E-state index in [1.807, 2.05) is 24.3 Å². The van der Waals surface area contributed by atoms with Crippen LogP contribution >= 0.6 is 0 Å². The molecule has 1 N–H and O–H groups in total. The number of fused-ring (bicyclic) bond motifs is 1. The zero-order chi connectivity index (χ0) is 13.9. The smallest absolute Gasteiger partial charge is 0.354 e. The van der Waals surface area contributed by atoms with Crippen LogP contribution < -0.4 is 4.74 Å². The van der Waals surface area contributed by atoms with Gasteiger partial charge in [0, 0.05) is 5.39 Å². The highest BCUT2D eigenvalue weighted by Crippen LogP contribution is 2.30. The Morgan fingerprint density at radius 3 is 2.85 bits per heavy atom. The molecule has 2 aromatic rings. The number of ether oxygens (including phenoxy) is 1. The molecule has 0 unspecified atom stereocenters. The van der Waals surface area contributed by atoms with Crippen molar-refractivity contribution in [1.29, 1.82) is 0 Å². The second kappa shape index (κ2) is 5.49. The maximum atomic E-state index is 11.1. The second-order valence-electron chi connectivity index (χ2n) is 5.27. The number of nitrogens with zero attached hydrogens (tertiary/aromatic N) is 1. The predicted molar refractivity (Wildman–Crippen MR) is 76.2 cm³/mol. The fourth-order valence-corrected chi connectivity index (χ4v) is 2.49. The third kappa shape index (κ3) is 2.59. The van der Waals surface area contributed by atoms with Crippen molar-refractivity contribution < 1.29 is 14.6 Å². The first-order valence-electron chi connectivity index (χ1n) is 7.00. The molecule has 1 aromatic heterocycles. The summed E-state index contributed by atoms with van der Waals surface area (Å²) < 4.78 is 5.74. The molecule has 1 heterocycles. The number of carbonyl (C=O) groups is 1. The number of aromatic nitrogens is 1. The molecule has 0 atom stereocenters. The molecule has 0 spiro atoms. The number of hydrogen-bond donors (Lipinski definition) is 1. The van der Waals surface area contributed by atoms with Crippen LogP contribution in [0, 0.1) is 5.92 Å². The van der Waals surface area contributed by atoms with Crippen LogP contribution in [0.1, 0.15) is 36.2 Å². The van der Waals surface area contributed by atoms with Crippen molar-refractivity contribution in [3.05, 3.63) is 36.0 Å². The van der Waals surface area contributed by atoms with E-state index in [2.05, 4.69) is 4.98 Å². The van der Waals surface area contributed by atoms with Gasteiger partial charge in [0.1, 0.15) is 0 Å². The van der Waals surface area contributed by atoms with E-state index >= 15 is 0 Å². The summed E-state index contributed by atoms with van der Waals surface area (Å²) in [5.41, 5.74) is 0.0299. The summed E-state index contributed by atoms with van der Waals surface area (Å²) in [6.07, 6.45) is 4.91. The summed E-state index contributed by atoms with van der Waals surface area (Å²) in [7, 11) is 0. The van der Waals surface area contributed by atoms with E-state index in [0.29, 0.717) is 12.5 Å². The van der Waals surface area contributed by atoms with Gasteiger partial charge in [0.2, 0.25) is 5.88 Å². The van der Waals surface area contributed by atoms with Gasteiger partial charge in [0.05, 0.1) is 6.61 Å². The molecule has 0 amide bonds. The van der Waals surface area contributed by atoms with Gasteiger partial charge in [-0.05, 0) is 29.9 Å². The largest absolute Gasteiger partial charge is 0.477 e. The minimum absolute atomic E-state index is 0.0299. The molecule has 1 fully saturated rings. The van der Waals surface area contributed by atoms with Crippen molar-refractivity contribution in [2.75, 3.05) is 6.61 Å². The van der Waals surface area contributed by atoms with Crippen LogP contribution in [0.2, 0.25) is 0 Å². The second-order valence-corrected chi connectivity index (χ2v) is 5.27. The van der Waals surface area contributed by atoms with Gasteiger partial charge in [0.25, 0.3) is 0 Å². The minimum Gasteiger partial charge on any atom is -0.477 e. The first-order valence-corrected chi connectivity index (χ1v) is 7.00. The van der Waals surface area contributed by atoms with Gasteiger partial charge in [-0.2, -0.15) is 0 Å². The van der Waals surface area contributed by atoms with Crippen molar-refractivity contribution in [3.8, 4) is 5.88 Å². The highest BCUT2D eigenvalue weighted by atomic mass is 16.5. The number of carboxylic acid groups (broad SMARTS) is 1. The van der Waals surface area contributed by atoms with Crippen molar-refractivity contribution in [2.24, 2.45) is 5.92 Å². The number of aromatic carboxylic acids is 1. The summed E-state index contributed by atoms with van der Waals surface area (Å²) in [4.78, 5) is 15.2. The number of carboxylic acids is 1. The molecule has 0 saturated heterocycles. The Kier molecular flexibility index (Phi) is 3.54. The highest BCUT2D eigenvalue weighted by Gasteiger charge is 2.18. The molecule has 104 valence electrons. The number of pyridine rings is 1. The van der Waals surface area contributed by atoms with Crippen LogP contribution in [0.25, 0.3) is 10.8 Å². The summed E-state index contributed by atoms with van der Waals surface area (Å²) in [6.45, 7) is 0.602. The van der Waals surface area contributed by atoms with Gasteiger partial charge in [-0.25, -0.2) is 9.78 Å². The SMILES string of the molecule is O=C(O)c1cc2ccccc2c(OCCC2CCC2)n1. The Labute approximate surface area is 117 Å². The molecule has 20 heavy (non-hydrogen) atoms. The molecule has 1 saturated carbocycles. The molecule has 1 aliphatic rings. The highest BCUT2D eigenvalue weighted by molar-refractivity contribution is 5.94. The van der Waals surface area contributed by atoms with Gasteiger partial charge in [-0.15, -0.1) is 0 Å². The first kappa shape index (κ1) is 12.9. The van der Waals surface area contributed by atoms with Crippen LogP contribution in [0.15, 0.2) is 30.3 Å². The lowest BCUT2D eigenvalue weighted by Gasteiger charge is -2.24. The molecule has 4 heteroatoms. The van der Waals surface area contributed by atoms with E-state index in [1.165, 1.54) is 19.3 Å². The van der Waals surface area contributed by atoms with Crippen LogP contribution in [0.4, 0.5) is 0 Å². The van der Waals surface area contributed by atoms with Gasteiger partial charge in [0.15, 0.2) is 5.69 Å². The van der Waals surface area contributed by atoms with E-state index in [-0.39, 0.29) is 5.69 Å². The Hall–Kier alpha value is -2.10. The van der Waals surface area contributed by atoms with E-state index in [9.17, 15) is 4.79 Å². The molecular formula is C16H17NO3. The van der Waals surface area contributed by atoms with E-state index in [4.69, 9.17) is 9.84 Å². The molecule has 3 rings (SSSR count). The van der Waals surface area contributed by atoms with Gasteiger partial charge >= 0.3 is 5.97 Å². The van der Waals surface area contributed by atoms with E-state index in [0.717, 1.165) is 23.1 Å². The molecule has 4 nitrogen and oxygen atoms in total. The van der Waals surface area contributed by atoms with Crippen LogP contribution in [0.3, 0.4) is 0 Å². The topological polar surface area (TPSA) is 59.4 Å². The Morgan fingerprint density at radius 1 is 1.35 bits per heavy atom. The van der Waals surface area contributed by atoms with E-state index < -0.39 is 5.97 Å². The standard InChI is InChI=1S/C16H17NO3/c18-16(19)14-10-12-6-1-2-7-13(12)15(17-14)20-9-8-11-4-3-5-11/h1-2,6-7,10-11H,3-5,8-9H2,(H,18,19). The van der Waals surface area contributed by atoms with Crippen molar-refractivity contribution >= 4 is 16.7 Å². The fraction of sp³-hybridized carbons (Fsp3) is 0.375. The van der Waals surface area contributed by atoms with Gasteiger partial charge in [-0.3, -0.25) is 0 Å².